The van der Waals surface area contributed by atoms with Crippen molar-refractivity contribution >= 4 is 22.5 Å². The zero-order valence-electron chi connectivity index (χ0n) is 12.3. The van der Waals surface area contributed by atoms with E-state index < -0.39 is 0 Å². The molecule has 1 N–H and O–H groups in total. The zero-order valence-corrected chi connectivity index (χ0v) is 12.3. The molecule has 0 saturated carbocycles. The summed E-state index contributed by atoms with van der Waals surface area (Å²) in [5, 5.41) is 3.58. The molecule has 0 aliphatic carbocycles. The highest BCUT2D eigenvalue weighted by atomic mass is 16.5. The van der Waals surface area contributed by atoms with Gasteiger partial charge in [0.25, 0.3) is 0 Å². The predicted octanol–water partition coefficient (Wildman–Crippen LogP) is 3.55. The molecule has 0 atom stereocenters. The molecule has 1 aromatic heterocycles. The first-order valence-corrected chi connectivity index (χ1v) is 6.72. The first kappa shape index (κ1) is 14.0. The maximum Gasteiger partial charge on any atom is 0.201 e. The number of anilines is 2. The van der Waals surface area contributed by atoms with Gasteiger partial charge >= 0.3 is 0 Å². The third kappa shape index (κ3) is 2.74. The van der Waals surface area contributed by atoms with Crippen molar-refractivity contribution in [2.45, 2.75) is 0 Å². The van der Waals surface area contributed by atoms with E-state index in [9.17, 15) is 4.79 Å². The van der Waals surface area contributed by atoms with Crippen LogP contribution < -0.4 is 20.2 Å². The van der Waals surface area contributed by atoms with E-state index in [2.05, 4.69) is 5.32 Å². The van der Waals surface area contributed by atoms with E-state index in [1.54, 1.807) is 32.4 Å². The summed E-state index contributed by atoms with van der Waals surface area (Å²) in [4.78, 5) is 12.1. The summed E-state index contributed by atoms with van der Waals surface area (Å²) in [5.74, 6) is 1.77. The molecule has 0 bridgehead atoms. The van der Waals surface area contributed by atoms with E-state index in [1.807, 2.05) is 24.3 Å². The lowest BCUT2D eigenvalue weighted by Crippen LogP contribution is -2.02. The molecule has 0 spiro atoms. The van der Waals surface area contributed by atoms with Crippen molar-refractivity contribution in [3.63, 3.8) is 0 Å². The van der Waals surface area contributed by atoms with E-state index in [0.717, 1.165) is 11.4 Å². The molecule has 0 amide bonds. The van der Waals surface area contributed by atoms with Crippen LogP contribution in [0.3, 0.4) is 0 Å². The van der Waals surface area contributed by atoms with Gasteiger partial charge in [0.1, 0.15) is 17.1 Å². The van der Waals surface area contributed by atoms with Crippen molar-refractivity contribution in [3.05, 3.63) is 58.8 Å². The number of hydrogen-bond donors (Lipinski definition) is 1. The fourth-order valence-electron chi connectivity index (χ4n) is 2.14. The Balaban J connectivity index is 1.97. The van der Waals surface area contributed by atoms with Crippen LogP contribution in [0.25, 0.3) is 11.0 Å². The van der Waals surface area contributed by atoms with Crippen molar-refractivity contribution < 1.29 is 13.9 Å². The van der Waals surface area contributed by atoms with Crippen molar-refractivity contribution in [3.8, 4) is 11.5 Å². The van der Waals surface area contributed by atoms with Crippen molar-refractivity contribution in [1.29, 1.82) is 0 Å². The van der Waals surface area contributed by atoms with Gasteiger partial charge in [-0.3, -0.25) is 4.79 Å². The fraction of sp³-hybridized carbons (Fsp3) is 0.118. The molecule has 0 fully saturated rings. The molecule has 0 saturated heterocycles. The Hall–Kier alpha value is -2.95. The molecule has 0 aliphatic heterocycles. The minimum atomic E-state index is -0.111. The van der Waals surface area contributed by atoms with Gasteiger partial charge in [-0.2, -0.15) is 0 Å². The maximum atomic E-state index is 12.1. The van der Waals surface area contributed by atoms with Crippen LogP contribution in [0.5, 0.6) is 11.5 Å². The van der Waals surface area contributed by atoms with Crippen LogP contribution in [0.2, 0.25) is 0 Å². The van der Waals surface area contributed by atoms with Crippen LogP contribution in [0, 0.1) is 0 Å². The Morgan fingerprint density at radius 2 is 1.59 bits per heavy atom. The molecule has 0 radical (unpaired) electrons. The van der Waals surface area contributed by atoms with Crippen LogP contribution in [-0.4, -0.2) is 14.2 Å². The second kappa shape index (κ2) is 5.81. The molecular formula is C17H15NO4. The third-order valence-corrected chi connectivity index (χ3v) is 3.29. The standard InChI is InChI=1S/C17H15NO4/c1-20-12-5-3-11(4-6-12)18-17-10-15(19)14-8-7-13(21-2)9-16(14)22-17/h3-10,18H,1-2H3. The summed E-state index contributed by atoms with van der Waals surface area (Å²) in [5.41, 5.74) is 1.16. The highest BCUT2D eigenvalue weighted by molar-refractivity contribution is 5.79. The number of nitrogens with one attached hydrogen (secondary N) is 1. The van der Waals surface area contributed by atoms with Crippen LogP contribution in [0.4, 0.5) is 11.6 Å². The van der Waals surface area contributed by atoms with E-state index in [4.69, 9.17) is 13.9 Å². The summed E-state index contributed by atoms with van der Waals surface area (Å²) < 4.78 is 16.0. The van der Waals surface area contributed by atoms with Crippen molar-refractivity contribution in [2.75, 3.05) is 19.5 Å². The van der Waals surface area contributed by atoms with E-state index in [1.165, 1.54) is 6.07 Å². The number of rotatable bonds is 4. The van der Waals surface area contributed by atoms with Crippen LogP contribution in [-0.2, 0) is 0 Å². The number of fused-ring (bicyclic) bond motifs is 1. The van der Waals surface area contributed by atoms with Gasteiger partial charge in [-0.1, -0.05) is 0 Å². The normalized spacial score (nSPS) is 10.5. The van der Waals surface area contributed by atoms with Gasteiger partial charge in [-0.05, 0) is 36.4 Å². The molecule has 5 nitrogen and oxygen atoms in total. The third-order valence-electron chi connectivity index (χ3n) is 3.29. The molecule has 2 aromatic carbocycles. The van der Waals surface area contributed by atoms with Gasteiger partial charge in [-0.15, -0.1) is 0 Å². The second-order valence-corrected chi connectivity index (χ2v) is 4.69. The number of ether oxygens (including phenoxy) is 2. The molecule has 22 heavy (non-hydrogen) atoms. The lowest BCUT2D eigenvalue weighted by molar-refractivity contribution is 0.414. The monoisotopic (exact) mass is 297 g/mol. The zero-order chi connectivity index (χ0) is 15.5. The Kier molecular flexibility index (Phi) is 3.70. The molecule has 112 valence electrons. The highest BCUT2D eigenvalue weighted by Crippen LogP contribution is 2.24. The molecule has 3 aromatic rings. The van der Waals surface area contributed by atoms with Gasteiger partial charge in [0, 0.05) is 17.8 Å². The highest BCUT2D eigenvalue weighted by Gasteiger charge is 2.06. The summed E-state index contributed by atoms with van der Waals surface area (Å²) in [7, 11) is 3.18. The average Bonchev–Trinajstić information content (AvgIpc) is 2.55. The molecule has 3 rings (SSSR count). The summed E-state index contributed by atoms with van der Waals surface area (Å²) >= 11 is 0. The van der Waals surface area contributed by atoms with Gasteiger partial charge in [-0.25, -0.2) is 0 Å². The van der Waals surface area contributed by atoms with Gasteiger partial charge in [0.15, 0.2) is 5.43 Å². The smallest absolute Gasteiger partial charge is 0.201 e. The molecule has 5 heteroatoms. The Morgan fingerprint density at radius 3 is 2.27 bits per heavy atom. The molecular weight excluding hydrogens is 282 g/mol. The molecule has 1 heterocycles. The predicted molar refractivity (Wildman–Crippen MR) is 85.3 cm³/mol. The SMILES string of the molecule is COc1ccc(Nc2cc(=O)c3ccc(OC)cc3o2)cc1. The number of benzene rings is 2. The second-order valence-electron chi connectivity index (χ2n) is 4.69. The Bertz CT molecular complexity index is 853. The van der Waals surface area contributed by atoms with E-state index in [0.29, 0.717) is 22.6 Å². The summed E-state index contributed by atoms with van der Waals surface area (Å²) in [6.45, 7) is 0. The van der Waals surface area contributed by atoms with Crippen molar-refractivity contribution in [1.82, 2.24) is 0 Å². The largest absolute Gasteiger partial charge is 0.497 e. The Morgan fingerprint density at radius 1 is 0.909 bits per heavy atom. The number of methoxy groups -OCH3 is 2. The first-order valence-electron chi connectivity index (χ1n) is 6.72. The Labute approximate surface area is 127 Å². The minimum absolute atomic E-state index is 0.111. The first-order chi connectivity index (χ1) is 10.7. The lowest BCUT2D eigenvalue weighted by Gasteiger charge is -2.08. The lowest BCUT2D eigenvalue weighted by atomic mass is 10.2. The average molecular weight is 297 g/mol. The molecule has 0 aliphatic rings. The van der Waals surface area contributed by atoms with Crippen molar-refractivity contribution in [2.24, 2.45) is 0 Å². The fourth-order valence-corrected chi connectivity index (χ4v) is 2.14. The maximum absolute atomic E-state index is 12.1. The van der Waals surface area contributed by atoms with Crippen LogP contribution in [0.1, 0.15) is 0 Å². The minimum Gasteiger partial charge on any atom is -0.497 e. The van der Waals surface area contributed by atoms with Crippen LogP contribution in [0.15, 0.2) is 57.7 Å². The summed E-state index contributed by atoms with van der Waals surface area (Å²) in [6.07, 6.45) is 0. The van der Waals surface area contributed by atoms with Crippen LogP contribution >= 0.6 is 0 Å². The van der Waals surface area contributed by atoms with Gasteiger partial charge in [0.2, 0.25) is 5.88 Å². The molecule has 0 unspecified atom stereocenters. The van der Waals surface area contributed by atoms with Gasteiger partial charge in [0.05, 0.1) is 19.6 Å². The topological polar surface area (TPSA) is 60.7 Å². The van der Waals surface area contributed by atoms with E-state index in [-0.39, 0.29) is 5.43 Å². The van der Waals surface area contributed by atoms with Gasteiger partial charge < -0.3 is 19.2 Å². The van der Waals surface area contributed by atoms with E-state index >= 15 is 0 Å². The quantitative estimate of drug-likeness (QED) is 0.798. The number of hydrogen-bond acceptors (Lipinski definition) is 5. The summed E-state index contributed by atoms with van der Waals surface area (Å²) in [6, 6.07) is 13.9.